The zero-order valence-corrected chi connectivity index (χ0v) is 16.8. The fourth-order valence-corrected chi connectivity index (χ4v) is 2.92. The molecule has 0 aliphatic heterocycles. The van der Waals surface area contributed by atoms with Crippen molar-refractivity contribution in [3.05, 3.63) is 100 Å². The Hall–Kier alpha value is -4.13. The Morgan fingerprint density at radius 3 is 2.03 bits per heavy atom. The summed E-state index contributed by atoms with van der Waals surface area (Å²) in [5, 5.41) is 9.36. The van der Waals surface area contributed by atoms with Crippen molar-refractivity contribution >= 4 is 17.6 Å². The van der Waals surface area contributed by atoms with Crippen molar-refractivity contribution in [2.45, 2.75) is 12.4 Å². The predicted molar refractivity (Wildman–Crippen MR) is 108 cm³/mol. The van der Waals surface area contributed by atoms with Crippen LogP contribution in [0.3, 0.4) is 0 Å². The lowest BCUT2D eigenvalue weighted by molar-refractivity contribution is -0.143. The first-order valence-corrected chi connectivity index (χ1v) is 9.37. The van der Waals surface area contributed by atoms with E-state index >= 15 is 0 Å². The smallest absolute Gasteiger partial charge is 0.416 e. The average Bonchev–Trinajstić information content (AvgIpc) is 2.77. The van der Waals surface area contributed by atoms with Gasteiger partial charge in [0.25, 0.3) is 0 Å². The van der Waals surface area contributed by atoms with Crippen molar-refractivity contribution < 1.29 is 40.3 Å². The highest BCUT2D eigenvalue weighted by molar-refractivity contribution is 5.92. The molecule has 0 unspecified atom stereocenters. The monoisotopic (exact) mass is 479 g/mol. The maximum Gasteiger partial charge on any atom is 0.416 e. The van der Waals surface area contributed by atoms with Crippen LogP contribution in [0.5, 0.6) is 5.75 Å². The maximum absolute atomic E-state index is 14.0. The largest absolute Gasteiger partial charge is 0.423 e. The second-order valence-electron chi connectivity index (χ2n) is 6.91. The van der Waals surface area contributed by atoms with Gasteiger partial charge in [-0.3, -0.25) is 0 Å². The molecular weight excluding hydrogens is 467 g/mol. The topological polar surface area (TPSA) is 50.1 Å². The summed E-state index contributed by atoms with van der Waals surface area (Å²) in [7, 11) is 0. The predicted octanol–water partition coefficient (Wildman–Crippen LogP) is 7.15. The van der Waals surface area contributed by atoms with Gasteiger partial charge in [-0.25, -0.2) is 9.18 Å². The highest BCUT2D eigenvalue weighted by Crippen LogP contribution is 2.36. The standard InChI is InChI=1S/C24H12F7NO2/c25-21-7-2-1-6-20(21)16(13-32)8-14-4-3-5-19(9-14)34-22(33)15-10-17(23(26,27)28)12-18(11-15)24(29,30)31/h1-12H/b16-8-. The van der Waals surface area contributed by atoms with E-state index in [4.69, 9.17) is 4.74 Å². The Balaban J connectivity index is 1.93. The number of nitrogens with zero attached hydrogens (tertiary/aromatic N) is 1. The van der Waals surface area contributed by atoms with Crippen LogP contribution in [0.25, 0.3) is 11.6 Å². The van der Waals surface area contributed by atoms with Gasteiger partial charge in [0.2, 0.25) is 0 Å². The quantitative estimate of drug-likeness (QED) is 0.131. The molecule has 0 fully saturated rings. The molecule has 0 amide bonds. The number of halogens is 7. The van der Waals surface area contributed by atoms with Crippen molar-refractivity contribution in [3.63, 3.8) is 0 Å². The molecule has 174 valence electrons. The van der Waals surface area contributed by atoms with Gasteiger partial charge in [0, 0.05) is 5.56 Å². The van der Waals surface area contributed by atoms with Crippen LogP contribution in [0.4, 0.5) is 30.7 Å². The number of ether oxygens (including phenoxy) is 1. The fourth-order valence-electron chi connectivity index (χ4n) is 2.92. The number of nitriles is 1. The third kappa shape index (κ3) is 5.81. The number of carbonyl (C=O) groups is 1. The number of rotatable bonds is 4. The fraction of sp³-hybridized carbons (Fsp3) is 0.0833. The molecule has 10 heteroatoms. The van der Waals surface area contributed by atoms with E-state index in [1.165, 1.54) is 48.5 Å². The van der Waals surface area contributed by atoms with Gasteiger partial charge in [0.1, 0.15) is 11.6 Å². The molecule has 0 radical (unpaired) electrons. The first-order chi connectivity index (χ1) is 15.9. The minimum Gasteiger partial charge on any atom is -0.423 e. The molecule has 0 aromatic heterocycles. The molecule has 0 aliphatic rings. The van der Waals surface area contributed by atoms with Gasteiger partial charge in [-0.05, 0) is 48.0 Å². The van der Waals surface area contributed by atoms with Gasteiger partial charge >= 0.3 is 18.3 Å². The van der Waals surface area contributed by atoms with Crippen molar-refractivity contribution in [2.75, 3.05) is 0 Å². The molecule has 3 nitrogen and oxygen atoms in total. The van der Waals surface area contributed by atoms with Crippen LogP contribution in [0, 0.1) is 17.1 Å². The third-order valence-corrected chi connectivity index (χ3v) is 4.49. The second kappa shape index (κ2) is 9.39. The first-order valence-electron chi connectivity index (χ1n) is 9.37. The minimum absolute atomic E-state index is 0.0102. The third-order valence-electron chi connectivity index (χ3n) is 4.49. The SMILES string of the molecule is N#C/C(=C/c1cccc(OC(=O)c2cc(C(F)(F)F)cc(C(F)(F)F)c2)c1)c1ccccc1F. The Labute approximate surface area is 188 Å². The lowest BCUT2D eigenvalue weighted by atomic mass is 10.0. The molecular formula is C24H12F7NO2. The van der Waals surface area contributed by atoms with Crippen LogP contribution >= 0.6 is 0 Å². The van der Waals surface area contributed by atoms with E-state index < -0.39 is 40.8 Å². The molecule has 0 saturated heterocycles. The Morgan fingerprint density at radius 2 is 1.47 bits per heavy atom. The summed E-state index contributed by atoms with van der Waals surface area (Å²) in [6, 6.07) is 13.0. The summed E-state index contributed by atoms with van der Waals surface area (Å²) in [6.45, 7) is 0. The van der Waals surface area contributed by atoms with E-state index in [0.29, 0.717) is 0 Å². The number of esters is 1. The van der Waals surface area contributed by atoms with E-state index in [1.807, 2.05) is 6.07 Å². The van der Waals surface area contributed by atoms with E-state index in [0.717, 1.165) is 6.07 Å². The molecule has 0 atom stereocenters. The number of benzene rings is 3. The van der Waals surface area contributed by atoms with E-state index in [2.05, 4.69) is 0 Å². The Morgan fingerprint density at radius 1 is 0.853 bits per heavy atom. The van der Waals surface area contributed by atoms with Crippen LogP contribution in [0.2, 0.25) is 0 Å². The van der Waals surface area contributed by atoms with Crippen LogP contribution in [0.1, 0.15) is 32.6 Å². The lowest BCUT2D eigenvalue weighted by Crippen LogP contribution is -2.15. The van der Waals surface area contributed by atoms with E-state index in [-0.39, 0.29) is 40.6 Å². The summed E-state index contributed by atoms with van der Waals surface area (Å²) in [5.41, 5.74) is -4.05. The molecule has 0 aliphatic carbocycles. The van der Waals surface area contributed by atoms with Crippen LogP contribution in [-0.4, -0.2) is 5.97 Å². The molecule has 3 aromatic carbocycles. The number of alkyl halides is 6. The number of allylic oxidation sites excluding steroid dienone is 1. The van der Waals surface area contributed by atoms with Crippen LogP contribution < -0.4 is 4.74 Å². The Bertz CT molecular complexity index is 1270. The van der Waals surface area contributed by atoms with Crippen molar-refractivity contribution in [3.8, 4) is 11.8 Å². The van der Waals surface area contributed by atoms with Gasteiger partial charge in [0.15, 0.2) is 0 Å². The zero-order valence-electron chi connectivity index (χ0n) is 16.8. The van der Waals surface area contributed by atoms with Crippen molar-refractivity contribution in [1.82, 2.24) is 0 Å². The van der Waals surface area contributed by atoms with Gasteiger partial charge in [-0.2, -0.15) is 31.6 Å². The van der Waals surface area contributed by atoms with E-state index in [9.17, 15) is 40.8 Å². The molecule has 0 heterocycles. The maximum atomic E-state index is 14.0. The van der Waals surface area contributed by atoms with Gasteiger partial charge in [-0.15, -0.1) is 0 Å². The zero-order chi connectivity index (χ0) is 25.1. The molecule has 0 bridgehead atoms. The van der Waals surface area contributed by atoms with Gasteiger partial charge in [0.05, 0.1) is 28.3 Å². The van der Waals surface area contributed by atoms with Gasteiger partial charge < -0.3 is 4.74 Å². The van der Waals surface area contributed by atoms with Crippen LogP contribution in [0.15, 0.2) is 66.7 Å². The molecule has 0 spiro atoms. The summed E-state index contributed by atoms with van der Waals surface area (Å²) in [4.78, 5) is 12.4. The molecule has 3 aromatic rings. The minimum atomic E-state index is -5.12. The average molecular weight is 479 g/mol. The molecule has 0 N–H and O–H groups in total. The summed E-state index contributed by atoms with van der Waals surface area (Å²) < 4.78 is 97.1. The summed E-state index contributed by atoms with van der Waals surface area (Å²) in [6.07, 6.45) is -8.97. The summed E-state index contributed by atoms with van der Waals surface area (Å²) in [5.74, 6) is -2.31. The Kier molecular flexibility index (Phi) is 6.77. The van der Waals surface area contributed by atoms with Crippen molar-refractivity contribution in [2.24, 2.45) is 0 Å². The number of hydrogen-bond donors (Lipinski definition) is 0. The normalized spacial score (nSPS) is 12.2. The summed E-state index contributed by atoms with van der Waals surface area (Å²) >= 11 is 0. The van der Waals surface area contributed by atoms with Crippen LogP contribution in [-0.2, 0) is 12.4 Å². The van der Waals surface area contributed by atoms with E-state index in [1.54, 1.807) is 0 Å². The second-order valence-corrected chi connectivity index (χ2v) is 6.91. The lowest BCUT2D eigenvalue weighted by Gasteiger charge is -2.14. The van der Waals surface area contributed by atoms with Gasteiger partial charge in [-0.1, -0.05) is 30.3 Å². The molecule has 0 saturated carbocycles. The number of carbonyl (C=O) groups excluding carboxylic acids is 1. The molecule has 34 heavy (non-hydrogen) atoms. The molecule has 3 rings (SSSR count). The highest BCUT2D eigenvalue weighted by Gasteiger charge is 2.37. The number of hydrogen-bond acceptors (Lipinski definition) is 3. The van der Waals surface area contributed by atoms with Crippen molar-refractivity contribution in [1.29, 1.82) is 5.26 Å². The highest BCUT2D eigenvalue weighted by atomic mass is 19.4. The first kappa shape index (κ1) is 24.5.